The van der Waals surface area contributed by atoms with Gasteiger partial charge in [-0.1, -0.05) is 5.46 Å². The van der Waals surface area contributed by atoms with Crippen LogP contribution in [0, 0.1) is 6.92 Å². The summed E-state index contributed by atoms with van der Waals surface area (Å²) < 4.78 is 1.66. The number of aromatic nitrogens is 2. The van der Waals surface area contributed by atoms with Crippen molar-refractivity contribution in [3.8, 4) is 0 Å². The summed E-state index contributed by atoms with van der Waals surface area (Å²) >= 11 is 0. The second kappa shape index (κ2) is 2.94. The highest BCUT2D eigenvalue weighted by Crippen LogP contribution is 2.03. The minimum atomic E-state index is -0.745. The summed E-state index contributed by atoms with van der Waals surface area (Å²) in [5.74, 6) is 0. The molecule has 0 aromatic carbocycles. The molecule has 1 aromatic rings. The van der Waals surface area contributed by atoms with Gasteiger partial charge >= 0.3 is 0 Å². The second-order valence-corrected chi connectivity index (χ2v) is 3.68. The van der Waals surface area contributed by atoms with Crippen molar-refractivity contribution in [2.45, 2.75) is 32.9 Å². The van der Waals surface area contributed by atoms with Gasteiger partial charge in [0.1, 0.15) is 7.85 Å². The molecule has 0 saturated heterocycles. The molecular formula is C8H13BN2O. The van der Waals surface area contributed by atoms with Crippen LogP contribution in [-0.2, 0) is 6.54 Å². The van der Waals surface area contributed by atoms with Crippen LogP contribution < -0.4 is 5.46 Å². The lowest BCUT2D eigenvalue weighted by Gasteiger charge is -2.16. The molecule has 12 heavy (non-hydrogen) atoms. The van der Waals surface area contributed by atoms with Gasteiger partial charge in [-0.05, 0) is 20.8 Å². The average Bonchev–Trinajstić information content (AvgIpc) is 2.07. The highest BCUT2D eigenvalue weighted by atomic mass is 16.3. The average molecular weight is 164 g/mol. The van der Waals surface area contributed by atoms with E-state index in [1.54, 1.807) is 24.7 Å². The van der Waals surface area contributed by atoms with Gasteiger partial charge in [-0.3, -0.25) is 4.68 Å². The molecule has 1 rings (SSSR count). The fourth-order valence-electron chi connectivity index (χ4n) is 1.01. The third-order valence-electron chi connectivity index (χ3n) is 1.53. The first kappa shape index (κ1) is 9.32. The topological polar surface area (TPSA) is 38.0 Å². The SMILES string of the molecule is [B]c1cn(CC(C)(C)O)nc1C. The van der Waals surface area contributed by atoms with Crippen molar-refractivity contribution >= 4 is 13.3 Å². The fourth-order valence-corrected chi connectivity index (χ4v) is 1.01. The quantitative estimate of drug-likeness (QED) is 0.612. The van der Waals surface area contributed by atoms with Crippen LogP contribution in [0.5, 0.6) is 0 Å². The number of hydrogen-bond donors (Lipinski definition) is 1. The van der Waals surface area contributed by atoms with E-state index in [-0.39, 0.29) is 0 Å². The maximum atomic E-state index is 9.47. The standard InChI is InChI=1S/C8H13BN2O/c1-6-7(9)4-11(10-6)5-8(2,3)12/h4,12H,5H2,1-3H3. The van der Waals surface area contributed by atoms with Gasteiger partial charge in [0, 0.05) is 6.20 Å². The maximum Gasteiger partial charge on any atom is 0.118 e. The third kappa shape index (κ3) is 2.38. The van der Waals surface area contributed by atoms with Crippen LogP contribution in [0.1, 0.15) is 19.5 Å². The maximum absolute atomic E-state index is 9.47. The van der Waals surface area contributed by atoms with Gasteiger partial charge in [0.05, 0.1) is 17.8 Å². The Morgan fingerprint density at radius 2 is 2.25 bits per heavy atom. The van der Waals surface area contributed by atoms with Gasteiger partial charge < -0.3 is 5.11 Å². The largest absolute Gasteiger partial charge is 0.389 e. The van der Waals surface area contributed by atoms with Crippen molar-refractivity contribution in [1.29, 1.82) is 0 Å². The smallest absolute Gasteiger partial charge is 0.118 e. The molecule has 1 N–H and O–H groups in total. The van der Waals surface area contributed by atoms with Gasteiger partial charge in [-0.2, -0.15) is 5.10 Å². The Morgan fingerprint density at radius 1 is 1.67 bits per heavy atom. The molecule has 4 heteroatoms. The highest BCUT2D eigenvalue weighted by Gasteiger charge is 2.14. The predicted molar refractivity (Wildman–Crippen MR) is 48.6 cm³/mol. The van der Waals surface area contributed by atoms with Crippen molar-refractivity contribution in [3.63, 3.8) is 0 Å². The highest BCUT2D eigenvalue weighted by molar-refractivity contribution is 6.32. The lowest BCUT2D eigenvalue weighted by molar-refractivity contribution is 0.0577. The molecule has 0 bridgehead atoms. The monoisotopic (exact) mass is 164 g/mol. The number of aryl methyl sites for hydroxylation is 1. The van der Waals surface area contributed by atoms with E-state index < -0.39 is 5.60 Å². The van der Waals surface area contributed by atoms with Gasteiger partial charge in [0.15, 0.2) is 0 Å². The summed E-state index contributed by atoms with van der Waals surface area (Å²) in [7, 11) is 5.59. The molecule has 0 saturated carbocycles. The normalized spacial score (nSPS) is 12.0. The predicted octanol–water partition coefficient (Wildman–Crippen LogP) is -0.244. The number of hydrogen-bond acceptors (Lipinski definition) is 2. The molecule has 64 valence electrons. The lowest BCUT2D eigenvalue weighted by atomic mass is 9.98. The van der Waals surface area contributed by atoms with Gasteiger partial charge in [0.2, 0.25) is 0 Å². The Labute approximate surface area is 73.8 Å². The molecule has 0 spiro atoms. The first-order chi connectivity index (χ1) is 5.38. The van der Waals surface area contributed by atoms with Crippen molar-refractivity contribution in [3.05, 3.63) is 11.9 Å². The van der Waals surface area contributed by atoms with Crippen LogP contribution in [0.25, 0.3) is 0 Å². The summed E-state index contributed by atoms with van der Waals surface area (Å²) in [4.78, 5) is 0. The van der Waals surface area contributed by atoms with Crippen molar-refractivity contribution in [2.24, 2.45) is 0 Å². The van der Waals surface area contributed by atoms with Gasteiger partial charge in [-0.15, -0.1) is 0 Å². The van der Waals surface area contributed by atoms with E-state index in [1.165, 1.54) is 0 Å². The Bertz CT molecular complexity index is 256. The summed E-state index contributed by atoms with van der Waals surface area (Å²) in [5, 5.41) is 13.6. The molecule has 3 nitrogen and oxygen atoms in total. The molecule has 0 aliphatic rings. The van der Waals surface area contributed by atoms with Crippen molar-refractivity contribution in [1.82, 2.24) is 9.78 Å². The zero-order valence-corrected chi connectivity index (χ0v) is 7.70. The molecule has 0 fully saturated rings. The van der Waals surface area contributed by atoms with Gasteiger partial charge in [-0.25, -0.2) is 0 Å². The van der Waals surface area contributed by atoms with Crippen molar-refractivity contribution < 1.29 is 5.11 Å². The molecule has 0 amide bonds. The van der Waals surface area contributed by atoms with Crippen LogP contribution in [-0.4, -0.2) is 28.3 Å². The van der Waals surface area contributed by atoms with E-state index in [9.17, 15) is 5.11 Å². The van der Waals surface area contributed by atoms with E-state index in [0.29, 0.717) is 12.0 Å². The molecule has 1 heterocycles. The zero-order chi connectivity index (χ0) is 9.35. The molecule has 2 radical (unpaired) electrons. The minimum absolute atomic E-state index is 0.463. The van der Waals surface area contributed by atoms with E-state index in [4.69, 9.17) is 7.85 Å². The molecule has 0 unspecified atom stereocenters. The molecule has 0 aliphatic heterocycles. The van der Waals surface area contributed by atoms with E-state index >= 15 is 0 Å². The number of aliphatic hydroxyl groups is 1. The lowest BCUT2D eigenvalue weighted by Crippen LogP contribution is -2.26. The molecule has 0 aliphatic carbocycles. The van der Waals surface area contributed by atoms with E-state index in [2.05, 4.69) is 5.10 Å². The summed E-state index contributed by atoms with van der Waals surface area (Å²) in [6.45, 7) is 5.78. The van der Waals surface area contributed by atoms with E-state index in [0.717, 1.165) is 5.69 Å². The molecular weight excluding hydrogens is 151 g/mol. The van der Waals surface area contributed by atoms with Crippen LogP contribution in [0.15, 0.2) is 6.20 Å². The summed E-state index contributed by atoms with van der Waals surface area (Å²) in [6, 6.07) is 0. The Kier molecular flexibility index (Phi) is 2.28. The van der Waals surface area contributed by atoms with Crippen LogP contribution in [0.3, 0.4) is 0 Å². The molecule has 0 atom stereocenters. The summed E-state index contributed by atoms with van der Waals surface area (Å²) in [5.41, 5.74) is 0.726. The Hall–Kier alpha value is -0.765. The fraction of sp³-hybridized carbons (Fsp3) is 0.625. The van der Waals surface area contributed by atoms with Gasteiger partial charge in [0.25, 0.3) is 0 Å². The Balaban J connectivity index is 2.77. The van der Waals surface area contributed by atoms with Crippen molar-refractivity contribution in [2.75, 3.05) is 0 Å². The van der Waals surface area contributed by atoms with Crippen LogP contribution in [0.4, 0.5) is 0 Å². The number of nitrogens with zero attached hydrogens (tertiary/aromatic N) is 2. The van der Waals surface area contributed by atoms with E-state index in [1.807, 2.05) is 6.92 Å². The Morgan fingerprint density at radius 3 is 2.58 bits per heavy atom. The minimum Gasteiger partial charge on any atom is -0.389 e. The molecule has 1 aromatic heterocycles. The number of rotatable bonds is 2. The zero-order valence-electron chi connectivity index (χ0n) is 7.70. The van der Waals surface area contributed by atoms with Crippen LogP contribution in [0.2, 0.25) is 0 Å². The van der Waals surface area contributed by atoms with Crippen LogP contribution >= 0.6 is 0 Å². The first-order valence-corrected chi connectivity index (χ1v) is 3.90. The third-order valence-corrected chi connectivity index (χ3v) is 1.53. The summed E-state index contributed by atoms with van der Waals surface area (Å²) in [6.07, 6.45) is 1.73. The first-order valence-electron chi connectivity index (χ1n) is 3.90. The second-order valence-electron chi connectivity index (χ2n) is 3.68.